The van der Waals surface area contributed by atoms with Gasteiger partial charge in [0.1, 0.15) is 5.82 Å². The number of fused-ring (bicyclic) bond motifs is 3. The van der Waals surface area contributed by atoms with Crippen LogP contribution in [0.25, 0.3) is 0 Å². The molecule has 2 atom stereocenters. The maximum atomic E-state index is 12.2. The van der Waals surface area contributed by atoms with Gasteiger partial charge in [0.25, 0.3) is 5.56 Å². The molecule has 0 aliphatic carbocycles. The third-order valence-electron chi connectivity index (χ3n) is 5.45. The van der Waals surface area contributed by atoms with Gasteiger partial charge in [0.05, 0.1) is 5.69 Å². The SMILES string of the molecule is CN1C2CCC1CC(c1nc3c(c(=O)[nH]1)CCNC3)C2. The molecular formula is C15H22N4O. The molecule has 1 aromatic rings. The molecule has 3 aliphatic rings. The predicted molar refractivity (Wildman–Crippen MR) is 76.8 cm³/mol. The van der Waals surface area contributed by atoms with E-state index in [0.717, 1.165) is 49.4 Å². The Bertz CT molecular complexity index is 568. The van der Waals surface area contributed by atoms with E-state index in [1.54, 1.807) is 0 Å². The van der Waals surface area contributed by atoms with Crippen LogP contribution in [0.3, 0.4) is 0 Å². The van der Waals surface area contributed by atoms with Gasteiger partial charge in [-0.05, 0) is 45.7 Å². The standard InChI is InChI=1S/C15H22N4O/c1-19-10-2-3-11(19)7-9(6-10)14-17-13-8-16-5-4-12(13)15(20)18-14/h9-11,16H,2-8H2,1H3,(H,17,18,20). The summed E-state index contributed by atoms with van der Waals surface area (Å²) in [5.74, 6) is 1.37. The molecule has 3 aliphatic heterocycles. The maximum Gasteiger partial charge on any atom is 0.254 e. The predicted octanol–water partition coefficient (Wildman–Crippen LogP) is 0.756. The topological polar surface area (TPSA) is 61.0 Å². The van der Waals surface area contributed by atoms with Crippen LogP contribution in [0.1, 0.15) is 48.7 Å². The number of piperidine rings is 1. The van der Waals surface area contributed by atoms with Crippen molar-refractivity contribution in [2.24, 2.45) is 0 Å². The molecule has 5 heteroatoms. The zero-order valence-corrected chi connectivity index (χ0v) is 12.0. The molecule has 0 saturated carbocycles. The number of hydrogen-bond donors (Lipinski definition) is 2. The Hall–Kier alpha value is -1.20. The molecule has 2 bridgehead atoms. The van der Waals surface area contributed by atoms with Gasteiger partial charge in [-0.2, -0.15) is 0 Å². The Morgan fingerprint density at radius 3 is 2.75 bits per heavy atom. The van der Waals surface area contributed by atoms with Crippen LogP contribution in [0.2, 0.25) is 0 Å². The van der Waals surface area contributed by atoms with Crippen molar-refractivity contribution in [1.82, 2.24) is 20.2 Å². The van der Waals surface area contributed by atoms with E-state index in [1.807, 2.05) is 0 Å². The number of aromatic amines is 1. The first-order chi connectivity index (χ1) is 9.72. The van der Waals surface area contributed by atoms with Crippen molar-refractivity contribution in [3.63, 3.8) is 0 Å². The summed E-state index contributed by atoms with van der Waals surface area (Å²) in [7, 11) is 2.24. The third kappa shape index (κ3) is 1.91. The van der Waals surface area contributed by atoms with Gasteiger partial charge < -0.3 is 15.2 Å². The van der Waals surface area contributed by atoms with Gasteiger partial charge in [-0.1, -0.05) is 0 Å². The molecule has 0 aromatic carbocycles. The highest BCUT2D eigenvalue weighted by Crippen LogP contribution is 2.40. The first-order valence-electron chi connectivity index (χ1n) is 7.77. The highest BCUT2D eigenvalue weighted by molar-refractivity contribution is 5.22. The van der Waals surface area contributed by atoms with Crippen molar-refractivity contribution in [2.75, 3.05) is 13.6 Å². The summed E-state index contributed by atoms with van der Waals surface area (Å²) < 4.78 is 0. The smallest absolute Gasteiger partial charge is 0.254 e. The van der Waals surface area contributed by atoms with Crippen LogP contribution in [0, 0.1) is 0 Å². The lowest BCUT2D eigenvalue weighted by Crippen LogP contribution is -2.40. The monoisotopic (exact) mass is 274 g/mol. The normalized spacial score (nSPS) is 33.1. The molecule has 108 valence electrons. The fraction of sp³-hybridized carbons (Fsp3) is 0.733. The summed E-state index contributed by atoms with van der Waals surface area (Å²) in [6.07, 6.45) is 5.68. The molecule has 1 aromatic heterocycles. The Morgan fingerprint density at radius 1 is 1.25 bits per heavy atom. The summed E-state index contributed by atoms with van der Waals surface area (Å²) >= 11 is 0. The fourth-order valence-electron chi connectivity index (χ4n) is 4.22. The lowest BCUT2D eigenvalue weighted by atomic mass is 9.90. The second-order valence-corrected chi connectivity index (χ2v) is 6.52. The van der Waals surface area contributed by atoms with Gasteiger partial charge in [-0.3, -0.25) is 4.79 Å². The molecule has 5 nitrogen and oxygen atoms in total. The van der Waals surface area contributed by atoms with Crippen LogP contribution >= 0.6 is 0 Å². The van der Waals surface area contributed by atoms with Crippen molar-refractivity contribution < 1.29 is 0 Å². The lowest BCUT2D eigenvalue weighted by Gasteiger charge is -2.36. The molecule has 2 unspecified atom stereocenters. The lowest BCUT2D eigenvalue weighted by molar-refractivity contribution is 0.158. The van der Waals surface area contributed by atoms with E-state index in [-0.39, 0.29) is 5.56 Å². The van der Waals surface area contributed by atoms with E-state index in [2.05, 4.69) is 22.2 Å². The highest BCUT2D eigenvalue weighted by Gasteiger charge is 2.39. The summed E-state index contributed by atoms with van der Waals surface area (Å²) in [5.41, 5.74) is 1.96. The van der Waals surface area contributed by atoms with Crippen molar-refractivity contribution >= 4 is 0 Å². The quantitative estimate of drug-likeness (QED) is 0.793. The van der Waals surface area contributed by atoms with Gasteiger partial charge in [0.2, 0.25) is 0 Å². The minimum atomic E-state index is 0.0952. The first kappa shape index (κ1) is 12.5. The zero-order valence-electron chi connectivity index (χ0n) is 12.0. The van der Waals surface area contributed by atoms with Crippen LogP contribution in [0.4, 0.5) is 0 Å². The van der Waals surface area contributed by atoms with Gasteiger partial charge >= 0.3 is 0 Å². The summed E-state index contributed by atoms with van der Waals surface area (Å²) in [4.78, 5) is 22.6. The Balaban J connectivity index is 1.66. The molecule has 0 amide bonds. The molecule has 2 saturated heterocycles. The Morgan fingerprint density at radius 2 is 2.00 bits per heavy atom. The van der Waals surface area contributed by atoms with Gasteiger partial charge in [-0.25, -0.2) is 4.98 Å². The Labute approximate surface area is 118 Å². The number of nitrogens with zero attached hydrogens (tertiary/aromatic N) is 2. The molecule has 2 fully saturated rings. The molecule has 4 heterocycles. The van der Waals surface area contributed by atoms with Crippen LogP contribution in [-0.2, 0) is 13.0 Å². The highest BCUT2D eigenvalue weighted by atomic mass is 16.1. The molecule has 0 spiro atoms. The van der Waals surface area contributed by atoms with Gasteiger partial charge in [-0.15, -0.1) is 0 Å². The second kappa shape index (κ2) is 4.67. The minimum Gasteiger partial charge on any atom is -0.311 e. The van der Waals surface area contributed by atoms with Crippen molar-refractivity contribution in [2.45, 2.75) is 56.7 Å². The van der Waals surface area contributed by atoms with Gasteiger partial charge in [0, 0.05) is 30.1 Å². The van der Waals surface area contributed by atoms with E-state index in [0.29, 0.717) is 18.0 Å². The third-order valence-corrected chi connectivity index (χ3v) is 5.45. The minimum absolute atomic E-state index is 0.0952. The first-order valence-corrected chi connectivity index (χ1v) is 7.77. The summed E-state index contributed by atoms with van der Waals surface area (Å²) in [6, 6.07) is 1.36. The molecule has 4 rings (SSSR count). The molecule has 2 N–H and O–H groups in total. The van der Waals surface area contributed by atoms with Crippen LogP contribution < -0.4 is 10.9 Å². The van der Waals surface area contributed by atoms with Crippen LogP contribution in [0.5, 0.6) is 0 Å². The van der Waals surface area contributed by atoms with Crippen molar-refractivity contribution in [1.29, 1.82) is 0 Å². The zero-order chi connectivity index (χ0) is 13.7. The van der Waals surface area contributed by atoms with Crippen LogP contribution in [0.15, 0.2) is 4.79 Å². The summed E-state index contributed by atoms with van der Waals surface area (Å²) in [5, 5.41) is 3.31. The number of hydrogen-bond acceptors (Lipinski definition) is 4. The summed E-state index contributed by atoms with van der Waals surface area (Å²) in [6.45, 7) is 1.63. The number of aromatic nitrogens is 2. The van der Waals surface area contributed by atoms with Crippen molar-refractivity contribution in [3.05, 3.63) is 27.4 Å². The number of nitrogens with one attached hydrogen (secondary N) is 2. The number of rotatable bonds is 1. The molecule has 0 radical (unpaired) electrons. The number of H-pyrrole nitrogens is 1. The van der Waals surface area contributed by atoms with E-state index in [4.69, 9.17) is 4.98 Å². The second-order valence-electron chi connectivity index (χ2n) is 6.52. The van der Waals surface area contributed by atoms with Crippen LogP contribution in [-0.4, -0.2) is 40.5 Å². The molecular weight excluding hydrogens is 252 g/mol. The maximum absolute atomic E-state index is 12.2. The average molecular weight is 274 g/mol. The Kier molecular flexibility index (Phi) is 2.93. The largest absolute Gasteiger partial charge is 0.311 e. The fourth-order valence-corrected chi connectivity index (χ4v) is 4.22. The van der Waals surface area contributed by atoms with Crippen molar-refractivity contribution in [3.8, 4) is 0 Å². The van der Waals surface area contributed by atoms with E-state index >= 15 is 0 Å². The van der Waals surface area contributed by atoms with E-state index in [9.17, 15) is 4.79 Å². The van der Waals surface area contributed by atoms with E-state index in [1.165, 1.54) is 12.8 Å². The van der Waals surface area contributed by atoms with E-state index < -0.39 is 0 Å². The van der Waals surface area contributed by atoms with Gasteiger partial charge in [0.15, 0.2) is 0 Å². The average Bonchev–Trinajstić information content (AvgIpc) is 2.68. The molecule has 20 heavy (non-hydrogen) atoms.